The molecule has 0 fully saturated rings. The van der Waals surface area contributed by atoms with Gasteiger partial charge in [-0.25, -0.2) is 38.2 Å². The first kappa shape index (κ1) is 63.2. The third-order valence-corrected chi connectivity index (χ3v) is 7.44. The first-order valence-electron chi connectivity index (χ1n) is 19.0. The van der Waals surface area contributed by atoms with Crippen molar-refractivity contribution in [2.24, 2.45) is 14.1 Å². The largest absolute Gasteiger partial charge is 2.00 e. The van der Waals surface area contributed by atoms with Gasteiger partial charge in [-0.05, 0) is 24.3 Å². The van der Waals surface area contributed by atoms with E-state index < -0.39 is 15.6 Å². The minimum Gasteiger partial charge on any atom is -0.245 e. The van der Waals surface area contributed by atoms with Crippen molar-refractivity contribution < 1.29 is 100 Å². The molecule has 376 valence electrons. The van der Waals surface area contributed by atoms with Gasteiger partial charge >= 0.3 is 107 Å². The fourth-order valence-electron chi connectivity index (χ4n) is 5.11. The number of para-hydroxylation sites is 4. The molecule has 0 spiro atoms. The molecule has 0 aliphatic carbocycles. The fourth-order valence-corrected chi connectivity index (χ4v) is 5.11. The Morgan fingerprint density at radius 3 is 1.01 bits per heavy atom. The van der Waals surface area contributed by atoms with Crippen molar-refractivity contribution in [3.8, 4) is 17.7 Å². The van der Waals surface area contributed by atoms with Crippen LogP contribution in [0.25, 0.3) is 45.9 Å². The predicted molar refractivity (Wildman–Crippen MR) is 242 cm³/mol. The number of aromatic nitrogens is 6. The summed E-state index contributed by atoms with van der Waals surface area (Å²) in [4.78, 5) is 8.66. The van der Waals surface area contributed by atoms with E-state index in [1.165, 1.54) is 18.1 Å². The Hall–Kier alpha value is -5.83. The summed E-state index contributed by atoms with van der Waals surface area (Å²) in [6.45, 7) is 8.63. The normalized spacial score (nSPS) is 12.5. The van der Waals surface area contributed by atoms with Crippen LogP contribution in [0.2, 0.25) is 0 Å². The molecule has 69 heavy (non-hydrogen) atoms. The Morgan fingerprint density at radius 1 is 0.493 bits per heavy atom. The molecule has 0 radical (unpaired) electrons. The van der Waals surface area contributed by atoms with Gasteiger partial charge in [-0.1, -0.05) is 121 Å². The maximum atomic E-state index is 9.87. The minimum absolute atomic E-state index is 0. The third kappa shape index (κ3) is 30.3. The molecule has 0 aliphatic heterocycles. The molecule has 0 bridgehead atoms. The Morgan fingerprint density at radius 2 is 0.754 bits per heavy atom. The van der Waals surface area contributed by atoms with Gasteiger partial charge in [0.05, 0.1) is 42.2 Å². The quantitative estimate of drug-likeness (QED) is 0.0580. The van der Waals surface area contributed by atoms with E-state index in [1.54, 1.807) is 30.6 Å². The van der Waals surface area contributed by atoms with Gasteiger partial charge in [-0.15, -0.1) is 11.1 Å². The second kappa shape index (κ2) is 25.7. The molecule has 0 amide bonds. The molecular weight excluding hydrogens is 1150 g/mol. The molecule has 0 N–H and O–H groups in total. The SMILES string of the molecule is CC#N.C[n+]1[c-]n(-c2ccccn2)c2ccccc21.C[n+]1[c-]n(-c2ccccn2)c2ccccc21.F[P-](F)(F)(F)(F)F.F[P-](F)(F)(F)(F)F.[CH2-]/C=C/c1ccccc1.[CH2-]/C=C/c1ccccc1.[Pd+2].[Pd+2]. The average Bonchev–Trinajstić information content (AvgIpc) is 3.77. The number of nitrogens with zero attached hydrogens (tertiary/aromatic N) is 7. The van der Waals surface area contributed by atoms with Crippen LogP contribution in [0.3, 0.4) is 0 Å². The second-order valence-corrected chi connectivity index (χ2v) is 16.9. The summed E-state index contributed by atoms with van der Waals surface area (Å²) in [5.41, 5.74) is 6.92. The fraction of sp³-hybridized carbons (Fsp3) is 0.0652. The standard InChI is InChI=1S/2C13H11N3.2C9H9.C2H3N.2F6P.2Pd/c2*1-15-10-16(13-8-4-5-9-14-13)12-7-3-2-6-11(12)15;2*1-2-6-9-7-4-3-5-8-9;1-2-3;2*1-7(2,3,4,5)6;;/h2*2-9H,1H3;2*2-8H,1H2;1H3;;;;/q;;2*-1;;2*-1;2*+2/b;;2*6-2+;;;;;. The van der Waals surface area contributed by atoms with E-state index in [0.29, 0.717) is 0 Å². The number of hydrogen-bond donors (Lipinski definition) is 0. The van der Waals surface area contributed by atoms with Crippen molar-refractivity contribution in [3.05, 3.63) is 208 Å². The second-order valence-electron chi connectivity index (χ2n) is 13.1. The summed E-state index contributed by atoms with van der Waals surface area (Å²) in [5, 5.41) is 7.32. The van der Waals surface area contributed by atoms with Crippen molar-refractivity contribution in [3.63, 3.8) is 0 Å². The van der Waals surface area contributed by atoms with E-state index in [2.05, 4.69) is 60.7 Å². The van der Waals surface area contributed by atoms with E-state index in [1.807, 2.05) is 166 Å². The summed E-state index contributed by atoms with van der Waals surface area (Å²) in [6, 6.07) is 50.1. The van der Waals surface area contributed by atoms with Crippen LogP contribution in [0.1, 0.15) is 18.1 Å². The molecule has 0 saturated carbocycles. The van der Waals surface area contributed by atoms with Crippen LogP contribution >= 0.6 is 15.6 Å². The molecular formula is C46H43F12N7P2Pd2. The van der Waals surface area contributed by atoms with Crippen LogP contribution in [0.15, 0.2) is 170 Å². The number of pyridine rings is 2. The van der Waals surface area contributed by atoms with Gasteiger partial charge in [0, 0.05) is 19.3 Å². The van der Waals surface area contributed by atoms with Crippen molar-refractivity contribution in [2.75, 3.05) is 0 Å². The molecule has 0 aliphatic rings. The molecule has 7 nitrogen and oxygen atoms in total. The maximum Gasteiger partial charge on any atom is 2.00 e. The number of hydrogen-bond acceptors (Lipinski definition) is 3. The number of halogens is 12. The molecule has 4 heterocycles. The smallest absolute Gasteiger partial charge is 0.245 e. The molecule has 4 aromatic carbocycles. The predicted octanol–water partition coefficient (Wildman–Crippen LogP) is 15.7. The number of aryl methyl sites for hydroxylation is 2. The average molecular weight is 1200 g/mol. The zero-order valence-corrected chi connectivity index (χ0v) is 41.3. The number of imidazole rings is 2. The summed E-state index contributed by atoms with van der Waals surface area (Å²) in [6.07, 6.45) is 17.6. The molecule has 8 aromatic rings. The molecule has 8 rings (SSSR count). The molecule has 0 atom stereocenters. The minimum atomic E-state index is -10.7. The topological polar surface area (TPSA) is 67.2 Å². The van der Waals surface area contributed by atoms with Gasteiger partial charge in [0.25, 0.3) is 0 Å². The van der Waals surface area contributed by atoms with E-state index in [0.717, 1.165) is 33.7 Å². The van der Waals surface area contributed by atoms with Crippen molar-refractivity contribution >= 4 is 49.8 Å². The summed E-state index contributed by atoms with van der Waals surface area (Å²) in [7, 11) is -17.3. The maximum absolute atomic E-state index is 10.7. The summed E-state index contributed by atoms with van der Waals surface area (Å²) >= 11 is 0. The van der Waals surface area contributed by atoms with Gasteiger partial charge in [0.1, 0.15) is 11.6 Å². The van der Waals surface area contributed by atoms with Gasteiger partial charge in [-0.2, -0.15) is 5.26 Å². The molecule has 23 heteroatoms. The zero-order valence-electron chi connectivity index (χ0n) is 36.4. The summed E-state index contributed by atoms with van der Waals surface area (Å²) < 4.78 is 126. The molecule has 4 aromatic heterocycles. The van der Waals surface area contributed by atoms with Gasteiger partial charge in [0.2, 0.25) is 12.7 Å². The van der Waals surface area contributed by atoms with E-state index >= 15 is 0 Å². The van der Waals surface area contributed by atoms with Crippen LogP contribution in [-0.4, -0.2) is 19.1 Å². The number of fused-ring (bicyclic) bond motifs is 2. The van der Waals surface area contributed by atoms with Crippen LogP contribution in [0.4, 0.5) is 50.4 Å². The molecule has 0 saturated heterocycles. The Balaban J connectivity index is 0.000000818. The van der Waals surface area contributed by atoms with Crippen LogP contribution in [0.5, 0.6) is 0 Å². The van der Waals surface area contributed by atoms with E-state index in [4.69, 9.17) is 5.26 Å². The Bertz CT molecular complexity index is 2630. The van der Waals surface area contributed by atoms with E-state index in [-0.39, 0.29) is 40.8 Å². The zero-order chi connectivity index (χ0) is 50.5. The van der Waals surface area contributed by atoms with Crippen LogP contribution in [0, 0.1) is 37.8 Å². The van der Waals surface area contributed by atoms with E-state index in [9.17, 15) is 50.4 Å². The van der Waals surface area contributed by atoms with Gasteiger partial charge < -0.3 is 18.3 Å². The van der Waals surface area contributed by atoms with Crippen molar-refractivity contribution in [1.82, 2.24) is 19.1 Å². The van der Waals surface area contributed by atoms with Crippen molar-refractivity contribution in [1.29, 1.82) is 5.26 Å². The first-order chi connectivity index (χ1) is 30.9. The number of allylic oxidation sites excluding steroid dienone is 2. The third-order valence-electron chi connectivity index (χ3n) is 7.44. The first-order valence-corrected chi connectivity index (χ1v) is 23.0. The number of nitriles is 1. The summed E-state index contributed by atoms with van der Waals surface area (Å²) in [5.74, 6) is 1.78. The Labute approximate surface area is 418 Å². The number of benzene rings is 4. The number of rotatable bonds is 4. The molecule has 0 unspecified atom stereocenters. The van der Waals surface area contributed by atoms with Crippen LogP contribution in [-0.2, 0) is 54.9 Å². The van der Waals surface area contributed by atoms with Gasteiger partial charge in [-0.3, -0.25) is 9.97 Å². The van der Waals surface area contributed by atoms with Gasteiger partial charge in [0.15, 0.2) is 0 Å². The Kier molecular flexibility index (Phi) is 23.5. The monoisotopic (exact) mass is 1200 g/mol. The van der Waals surface area contributed by atoms with Crippen molar-refractivity contribution in [2.45, 2.75) is 6.92 Å². The van der Waals surface area contributed by atoms with Crippen LogP contribution < -0.4 is 9.13 Å².